The van der Waals surface area contributed by atoms with E-state index in [4.69, 9.17) is 5.26 Å². The van der Waals surface area contributed by atoms with E-state index in [1.54, 1.807) is 0 Å². The third-order valence-corrected chi connectivity index (χ3v) is 1.06. The first-order valence-corrected chi connectivity index (χ1v) is 2.79. The zero-order chi connectivity index (χ0) is 7.40. The molecule has 0 spiro atoms. The van der Waals surface area contributed by atoms with Crippen LogP contribution in [0.25, 0.3) is 0 Å². The molecule has 4 heteroatoms. The Morgan fingerprint density at radius 1 is 1.90 bits per heavy atom. The minimum absolute atomic E-state index is 0.0972. The van der Waals surface area contributed by atoms with Gasteiger partial charge in [-0.05, 0) is 0 Å². The van der Waals surface area contributed by atoms with Gasteiger partial charge in [-0.15, -0.1) is 0 Å². The van der Waals surface area contributed by atoms with E-state index in [-0.39, 0.29) is 6.42 Å². The van der Waals surface area contributed by atoms with E-state index in [1.807, 2.05) is 0 Å². The summed E-state index contributed by atoms with van der Waals surface area (Å²) in [5.74, 6) is -0.466. The highest BCUT2D eigenvalue weighted by atomic mass is 16.1. The lowest BCUT2D eigenvalue weighted by Crippen LogP contribution is -2.04. The Labute approximate surface area is 57.9 Å². The van der Waals surface area contributed by atoms with E-state index in [0.29, 0.717) is 12.4 Å². The fourth-order valence-corrected chi connectivity index (χ4v) is 0.624. The number of carbonyl (C=O) groups is 1. The van der Waals surface area contributed by atoms with Gasteiger partial charge < -0.3 is 0 Å². The summed E-state index contributed by atoms with van der Waals surface area (Å²) in [5.41, 5.74) is 0.603. The molecule has 0 unspecified atom stereocenters. The van der Waals surface area contributed by atoms with E-state index >= 15 is 0 Å². The van der Waals surface area contributed by atoms with Crippen molar-refractivity contribution in [2.24, 2.45) is 9.98 Å². The summed E-state index contributed by atoms with van der Waals surface area (Å²) in [7, 11) is 0. The SMILES string of the molecule is N#CC(=O)CC1=NCN=C1. The highest BCUT2D eigenvalue weighted by Gasteiger charge is 2.05. The molecule has 1 aliphatic rings. The molecule has 0 radical (unpaired) electrons. The molecule has 1 heterocycles. The molecule has 0 aromatic heterocycles. The minimum atomic E-state index is -0.466. The summed E-state index contributed by atoms with van der Waals surface area (Å²) in [6.45, 7) is 0.397. The van der Waals surface area contributed by atoms with Crippen molar-refractivity contribution in [2.75, 3.05) is 6.67 Å². The number of carbonyl (C=O) groups excluding carboxylic acids is 1. The summed E-state index contributed by atoms with van der Waals surface area (Å²) >= 11 is 0. The summed E-state index contributed by atoms with van der Waals surface area (Å²) in [6, 6.07) is 1.51. The number of hydrogen-bond donors (Lipinski definition) is 0. The predicted octanol–water partition coefficient (Wildman–Crippen LogP) is -0.0479. The number of ketones is 1. The van der Waals surface area contributed by atoms with E-state index < -0.39 is 5.78 Å². The van der Waals surface area contributed by atoms with Crippen LogP contribution in [-0.4, -0.2) is 24.4 Å². The third kappa shape index (κ3) is 1.49. The van der Waals surface area contributed by atoms with Gasteiger partial charge in [0.15, 0.2) is 0 Å². The average molecular weight is 135 g/mol. The maximum atomic E-state index is 10.5. The Balaban J connectivity index is 2.48. The van der Waals surface area contributed by atoms with Crippen molar-refractivity contribution < 1.29 is 4.79 Å². The summed E-state index contributed by atoms with van der Waals surface area (Å²) in [4.78, 5) is 18.1. The Hall–Kier alpha value is -1.50. The van der Waals surface area contributed by atoms with Crippen LogP contribution in [0, 0.1) is 11.3 Å². The lowest BCUT2D eigenvalue weighted by molar-refractivity contribution is -0.112. The fourth-order valence-electron chi connectivity index (χ4n) is 0.624. The molecule has 0 aliphatic carbocycles. The monoisotopic (exact) mass is 135 g/mol. The number of nitriles is 1. The van der Waals surface area contributed by atoms with Crippen molar-refractivity contribution in [1.29, 1.82) is 5.26 Å². The molecule has 0 fully saturated rings. The quantitative estimate of drug-likeness (QED) is 0.498. The van der Waals surface area contributed by atoms with Gasteiger partial charge in [0, 0.05) is 6.21 Å². The molecule has 1 rings (SSSR count). The Bertz CT molecular complexity index is 246. The first-order chi connectivity index (χ1) is 4.83. The second kappa shape index (κ2) is 2.87. The smallest absolute Gasteiger partial charge is 0.237 e. The second-order valence-corrected chi connectivity index (χ2v) is 1.81. The van der Waals surface area contributed by atoms with Gasteiger partial charge in [0.2, 0.25) is 5.78 Å². The van der Waals surface area contributed by atoms with Crippen LogP contribution in [0.1, 0.15) is 6.42 Å². The molecular formula is C6H5N3O. The Morgan fingerprint density at radius 3 is 3.20 bits per heavy atom. The number of nitrogens with zero attached hydrogens (tertiary/aromatic N) is 3. The van der Waals surface area contributed by atoms with Gasteiger partial charge in [-0.25, -0.2) is 0 Å². The zero-order valence-corrected chi connectivity index (χ0v) is 5.24. The van der Waals surface area contributed by atoms with Crippen LogP contribution in [-0.2, 0) is 4.79 Å². The summed E-state index contributed by atoms with van der Waals surface area (Å²) in [6.07, 6.45) is 1.62. The van der Waals surface area contributed by atoms with Crippen molar-refractivity contribution in [3.05, 3.63) is 0 Å². The van der Waals surface area contributed by atoms with Crippen LogP contribution in [0.3, 0.4) is 0 Å². The first kappa shape index (κ1) is 6.62. The molecule has 0 atom stereocenters. The first-order valence-electron chi connectivity index (χ1n) is 2.79. The van der Waals surface area contributed by atoms with Crippen LogP contribution < -0.4 is 0 Å². The van der Waals surface area contributed by atoms with Crippen molar-refractivity contribution >= 4 is 17.7 Å². The van der Waals surface area contributed by atoms with Gasteiger partial charge in [0.05, 0.1) is 12.1 Å². The zero-order valence-electron chi connectivity index (χ0n) is 5.24. The molecule has 0 bridgehead atoms. The maximum Gasteiger partial charge on any atom is 0.237 e. The Morgan fingerprint density at radius 2 is 2.70 bits per heavy atom. The van der Waals surface area contributed by atoms with Crippen LogP contribution in [0.2, 0.25) is 0 Å². The van der Waals surface area contributed by atoms with E-state index in [9.17, 15) is 4.79 Å². The standard InChI is InChI=1S/C6H5N3O/c7-2-6(10)1-5-3-8-4-9-5/h3H,1,4H2. The van der Waals surface area contributed by atoms with Gasteiger partial charge >= 0.3 is 0 Å². The maximum absolute atomic E-state index is 10.5. The average Bonchev–Trinajstić information content (AvgIpc) is 2.40. The number of aliphatic imine (C=N–C) groups is 2. The molecule has 1 aliphatic heterocycles. The topological polar surface area (TPSA) is 65.6 Å². The lowest BCUT2D eigenvalue weighted by atomic mass is 10.2. The van der Waals surface area contributed by atoms with E-state index in [2.05, 4.69) is 9.98 Å². The summed E-state index contributed by atoms with van der Waals surface area (Å²) in [5, 5.41) is 8.10. The van der Waals surface area contributed by atoms with E-state index in [0.717, 1.165) is 0 Å². The molecule has 10 heavy (non-hydrogen) atoms. The normalized spacial score (nSPS) is 14.5. The van der Waals surface area contributed by atoms with Crippen LogP contribution in [0.4, 0.5) is 0 Å². The van der Waals surface area contributed by atoms with E-state index in [1.165, 1.54) is 12.3 Å². The van der Waals surface area contributed by atoms with Crippen molar-refractivity contribution in [1.82, 2.24) is 0 Å². The van der Waals surface area contributed by atoms with Crippen LogP contribution in [0.5, 0.6) is 0 Å². The van der Waals surface area contributed by atoms with Crippen molar-refractivity contribution in [3.63, 3.8) is 0 Å². The molecule has 4 nitrogen and oxygen atoms in total. The molecule has 0 saturated carbocycles. The van der Waals surface area contributed by atoms with Gasteiger partial charge in [-0.2, -0.15) is 5.26 Å². The number of Topliss-reactive ketones (excluding diaryl/α,β-unsaturated/α-hetero) is 1. The molecule has 0 saturated heterocycles. The van der Waals surface area contributed by atoms with Gasteiger partial charge in [-0.1, -0.05) is 0 Å². The summed E-state index contributed by atoms with van der Waals surface area (Å²) < 4.78 is 0. The molecule has 0 aromatic rings. The molecule has 0 N–H and O–H groups in total. The van der Waals surface area contributed by atoms with Crippen molar-refractivity contribution in [2.45, 2.75) is 6.42 Å². The number of hydrogen-bond acceptors (Lipinski definition) is 4. The highest BCUT2D eigenvalue weighted by Crippen LogP contribution is 1.92. The Kier molecular flexibility index (Phi) is 1.90. The van der Waals surface area contributed by atoms with Gasteiger partial charge in [0.25, 0.3) is 0 Å². The third-order valence-electron chi connectivity index (χ3n) is 1.06. The number of rotatable bonds is 2. The predicted molar refractivity (Wildman–Crippen MR) is 36.0 cm³/mol. The fraction of sp³-hybridized carbons (Fsp3) is 0.333. The molecule has 0 aromatic carbocycles. The van der Waals surface area contributed by atoms with Crippen molar-refractivity contribution in [3.8, 4) is 6.07 Å². The van der Waals surface area contributed by atoms with Crippen LogP contribution >= 0.6 is 0 Å². The van der Waals surface area contributed by atoms with Crippen LogP contribution in [0.15, 0.2) is 9.98 Å². The highest BCUT2D eigenvalue weighted by molar-refractivity contribution is 6.36. The largest absolute Gasteiger partial charge is 0.282 e. The molecule has 50 valence electrons. The molecular weight excluding hydrogens is 130 g/mol. The second-order valence-electron chi connectivity index (χ2n) is 1.81. The minimum Gasteiger partial charge on any atom is -0.282 e. The van der Waals surface area contributed by atoms with Gasteiger partial charge in [-0.3, -0.25) is 14.8 Å². The lowest BCUT2D eigenvalue weighted by Gasteiger charge is -1.85. The molecule has 0 amide bonds. The van der Waals surface area contributed by atoms with Gasteiger partial charge in [0.1, 0.15) is 12.7 Å².